The number of benzene rings is 2. The number of para-hydroxylation sites is 1. The van der Waals surface area contributed by atoms with Crippen LogP contribution in [0.2, 0.25) is 0 Å². The molecule has 0 radical (unpaired) electrons. The molecule has 0 fully saturated rings. The quantitative estimate of drug-likeness (QED) is 0.757. The Balaban J connectivity index is 2.18. The molecule has 0 aliphatic heterocycles. The highest BCUT2D eigenvalue weighted by Crippen LogP contribution is 2.30. The second-order valence-corrected chi connectivity index (χ2v) is 4.60. The Morgan fingerprint density at radius 1 is 1.20 bits per heavy atom. The van der Waals surface area contributed by atoms with Crippen molar-refractivity contribution < 1.29 is 18.7 Å². The fourth-order valence-electron chi connectivity index (χ4n) is 2.19. The summed E-state index contributed by atoms with van der Waals surface area (Å²) in [5.41, 5.74) is 1.93. The zero-order valence-electron chi connectivity index (χ0n) is 10.7. The molecule has 3 rings (SSSR count). The van der Waals surface area contributed by atoms with Crippen LogP contribution >= 0.6 is 0 Å². The van der Waals surface area contributed by atoms with Gasteiger partial charge in [0.25, 0.3) is 0 Å². The largest absolute Gasteiger partial charge is 0.478 e. The minimum absolute atomic E-state index is 0.361. The monoisotopic (exact) mass is 270 g/mol. The highest BCUT2D eigenvalue weighted by atomic mass is 19.1. The molecule has 1 heterocycles. The maximum atomic E-state index is 13.4. The van der Waals surface area contributed by atoms with Crippen molar-refractivity contribution in [1.29, 1.82) is 0 Å². The number of fused-ring (bicyclic) bond motifs is 1. The predicted octanol–water partition coefficient (Wildman–Crippen LogP) is 4.25. The Morgan fingerprint density at radius 3 is 2.70 bits per heavy atom. The Hall–Kier alpha value is -2.62. The predicted molar refractivity (Wildman–Crippen MR) is 73.3 cm³/mol. The summed E-state index contributed by atoms with van der Waals surface area (Å²) in [5, 5.41) is 9.88. The molecule has 2 aromatic carbocycles. The number of carbonyl (C=O) groups is 1. The molecule has 0 aliphatic carbocycles. The summed E-state index contributed by atoms with van der Waals surface area (Å²) >= 11 is 0. The third-order valence-electron chi connectivity index (χ3n) is 3.22. The Labute approximate surface area is 114 Å². The van der Waals surface area contributed by atoms with E-state index in [0.29, 0.717) is 11.3 Å². The summed E-state index contributed by atoms with van der Waals surface area (Å²) in [4.78, 5) is 11.0. The van der Waals surface area contributed by atoms with E-state index in [1.807, 2.05) is 31.2 Å². The number of furan rings is 1. The van der Waals surface area contributed by atoms with Gasteiger partial charge >= 0.3 is 5.97 Å². The highest BCUT2D eigenvalue weighted by molar-refractivity contribution is 5.90. The van der Waals surface area contributed by atoms with Crippen molar-refractivity contribution in [2.24, 2.45) is 0 Å². The summed E-state index contributed by atoms with van der Waals surface area (Å²) in [7, 11) is 0. The zero-order chi connectivity index (χ0) is 14.3. The van der Waals surface area contributed by atoms with E-state index in [9.17, 15) is 9.18 Å². The standard InChI is InChI=1S/C16H11FO3/c1-9-3-2-4-11-8-14(20-15(9)11)10-5-6-13(17)12(7-10)16(18)19/h2-8H,1H3,(H,18,19). The van der Waals surface area contributed by atoms with Gasteiger partial charge in [-0.3, -0.25) is 0 Å². The van der Waals surface area contributed by atoms with Gasteiger partial charge in [0.2, 0.25) is 0 Å². The van der Waals surface area contributed by atoms with Crippen LogP contribution in [0.25, 0.3) is 22.3 Å². The van der Waals surface area contributed by atoms with Gasteiger partial charge in [0.15, 0.2) is 0 Å². The van der Waals surface area contributed by atoms with Crippen LogP contribution in [0.3, 0.4) is 0 Å². The molecule has 0 unspecified atom stereocenters. The molecule has 0 aliphatic rings. The van der Waals surface area contributed by atoms with Crippen LogP contribution < -0.4 is 0 Å². The van der Waals surface area contributed by atoms with E-state index in [-0.39, 0.29) is 5.56 Å². The number of hydrogen-bond acceptors (Lipinski definition) is 2. The second kappa shape index (κ2) is 4.49. The topological polar surface area (TPSA) is 50.4 Å². The van der Waals surface area contributed by atoms with Crippen LogP contribution in [0.5, 0.6) is 0 Å². The van der Waals surface area contributed by atoms with Gasteiger partial charge in [-0.05, 0) is 36.8 Å². The van der Waals surface area contributed by atoms with Crippen molar-refractivity contribution in [3.63, 3.8) is 0 Å². The van der Waals surface area contributed by atoms with Gasteiger partial charge in [-0.2, -0.15) is 0 Å². The lowest BCUT2D eigenvalue weighted by Gasteiger charge is -2.01. The fourth-order valence-corrected chi connectivity index (χ4v) is 2.19. The molecule has 0 amide bonds. The van der Waals surface area contributed by atoms with E-state index in [4.69, 9.17) is 9.52 Å². The Morgan fingerprint density at radius 2 is 2.00 bits per heavy atom. The molecule has 4 heteroatoms. The molecular weight excluding hydrogens is 259 g/mol. The number of carboxylic acid groups (broad SMARTS) is 1. The highest BCUT2D eigenvalue weighted by Gasteiger charge is 2.14. The summed E-state index contributed by atoms with van der Waals surface area (Å²) in [6.07, 6.45) is 0. The number of halogens is 1. The first-order chi connectivity index (χ1) is 9.56. The molecule has 0 saturated carbocycles. The van der Waals surface area contributed by atoms with Crippen LogP contribution in [0, 0.1) is 12.7 Å². The molecule has 3 aromatic rings. The fraction of sp³-hybridized carbons (Fsp3) is 0.0625. The first-order valence-electron chi connectivity index (χ1n) is 6.08. The molecular formula is C16H11FO3. The molecule has 0 saturated heterocycles. The van der Waals surface area contributed by atoms with E-state index in [1.54, 1.807) is 0 Å². The molecule has 0 bridgehead atoms. The number of aromatic carboxylic acids is 1. The minimum Gasteiger partial charge on any atom is -0.478 e. The lowest BCUT2D eigenvalue weighted by Crippen LogP contribution is -2.00. The van der Waals surface area contributed by atoms with Gasteiger partial charge < -0.3 is 9.52 Å². The lowest BCUT2D eigenvalue weighted by molar-refractivity contribution is 0.0692. The van der Waals surface area contributed by atoms with Crippen molar-refractivity contribution in [2.75, 3.05) is 0 Å². The van der Waals surface area contributed by atoms with Crippen LogP contribution in [0.1, 0.15) is 15.9 Å². The van der Waals surface area contributed by atoms with Crippen molar-refractivity contribution in [3.05, 3.63) is 59.4 Å². The SMILES string of the molecule is Cc1cccc2cc(-c3ccc(F)c(C(=O)O)c3)oc12. The first-order valence-corrected chi connectivity index (χ1v) is 6.08. The molecule has 1 N–H and O–H groups in total. The Kier molecular flexibility index (Phi) is 2.79. The maximum absolute atomic E-state index is 13.4. The molecule has 0 atom stereocenters. The van der Waals surface area contributed by atoms with Crippen LogP contribution in [-0.4, -0.2) is 11.1 Å². The Bertz CT molecular complexity index is 818. The number of aryl methyl sites for hydroxylation is 1. The van der Waals surface area contributed by atoms with E-state index < -0.39 is 11.8 Å². The van der Waals surface area contributed by atoms with Crippen LogP contribution in [0.4, 0.5) is 4.39 Å². The molecule has 1 aromatic heterocycles. The summed E-state index contributed by atoms with van der Waals surface area (Å²) in [6, 6.07) is 11.5. The lowest BCUT2D eigenvalue weighted by atomic mass is 10.1. The summed E-state index contributed by atoms with van der Waals surface area (Å²) < 4.78 is 19.1. The number of hydrogen-bond donors (Lipinski definition) is 1. The van der Waals surface area contributed by atoms with Crippen molar-refractivity contribution >= 4 is 16.9 Å². The molecule has 100 valence electrons. The third kappa shape index (κ3) is 1.95. The van der Waals surface area contributed by atoms with E-state index in [2.05, 4.69) is 0 Å². The zero-order valence-corrected chi connectivity index (χ0v) is 10.7. The molecule has 20 heavy (non-hydrogen) atoms. The van der Waals surface area contributed by atoms with Crippen molar-refractivity contribution in [2.45, 2.75) is 6.92 Å². The van der Waals surface area contributed by atoms with Gasteiger partial charge in [-0.15, -0.1) is 0 Å². The normalized spacial score (nSPS) is 10.9. The average molecular weight is 270 g/mol. The number of carboxylic acids is 1. The van der Waals surface area contributed by atoms with Gasteiger partial charge in [-0.25, -0.2) is 9.18 Å². The summed E-state index contributed by atoms with van der Waals surface area (Å²) in [5.74, 6) is -1.53. The van der Waals surface area contributed by atoms with Gasteiger partial charge in [0.05, 0.1) is 5.56 Å². The van der Waals surface area contributed by atoms with Gasteiger partial charge in [0.1, 0.15) is 17.2 Å². The van der Waals surface area contributed by atoms with Crippen molar-refractivity contribution in [1.82, 2.24) is 0 Å². The second-order valence-electron chi connectivity index (χ2n) is 4.60. The van der Waals surface area contributed by atoms with Gasteiger partial charge in [-0.1, -0.05) is 18.2 Å². The van der Waals surface area contributed by atoms with Crippen molar-refractivity contribution in [3.8, 4) is 11.3 Å². The molecule has 0 spiro atoms. The van der Waals surface area contributed by atoms with Crippen LogP contribution in [-0.2, 0) is 0 Å². The smallest absolute Gasteiger partial charge is 0.338 e. The maximum Gasteiger partial charge on any atom is 0.338 e. The summed E-state index contributed by atoms with van der Waals surface area (Å²) in [6.45, 7) is 1.93. The number of rotatable bonds is 2. The average Bonchev–Trinajstić information content (AvgIpc) is 2.84. The van der Waals surface area contributed by atoms with E-state index in [1.165, 1.54) is 12.1 Å². The van der Waals surface area contributed by atoms with E-state index in [0.717, 1.165) is 22.6 Å². The van der Waals surface area contributed by atoms with Crippen LogP contribution in [0.15, 0.2) is 46.9 Å². The third-order valence-corrected chi connectivity index (χ3v) is 3.22. The minimum atomic E-state index is -1.29. The van der Waals surface area contributed by atoms with E-state index >= 15 is 0 Å². The molecule has 3 nitrogen and oxygen atoms in total. The first kappa shape index (κ1) is 12.4. The van der Waals surface area contributed by atoms with Gasteiger partial charge in [0, 0.05) is 10.9 Å².